The maximum atomic E-state index is 12.2. The lowest BCUT2D eigenvalue weighted by Crippen LogP contribution is -2.30. The molecule has 0 spiro atoms. The highest BCUT2D eigenvalue weighted by Crippen LogP contribution is 2.24. The van der Waals surface area contributed by atoms with Crippen LogP contribution in [0.5, 0.6) is 5.75 Å². The third kappa shape index (κ3) is 3.85. The number of carbonyl (C=O) groups excluding carboxylic acids is 1. The van der Waals surface area contributed by atoms with Gasteiger partial charge in [-0.05, 0) is 66.0 Å². The van der Waals surface area contributed by atoms with Gasteiger partial charge in [0.25, 0.3) is 5.91 Å². The van der Waals surface area contributed by atoms with Crippen LogP contribution in [0.25, 0.3) is 0 Å². The highest BCUT2D eigenvalue weighted by molar-refractivity contribution is 9.10. The lowest BCUT2D eigenvalue weighted by atomic mass is 10.1. The third-order valence-corrected chi connectivity index (χ3v) is 4.05. The summed E-state index contributed by atoms with van der Waals surface area (Å²) in [6.45, 7) is 5.75. The molecule has 0 saturated carbocycles. The van der Waals surface area contributed by atoms with E-state index in [0.717, 1.165) is 27.0 Å². The number of hydrogen-bond donors (Lipinski definition) is 1. The molecule has 1 N–H and O–H groups in total. The van der Waals surface area contributed by atoms with Gasteiger partial charge in [-0.15, -0.1) is 0 Å². The van der Waals surface area contributed by atoms with Crippen LogP contribution in [0, 0.1) is 13.8 Å². The van der Waals surface area contributed by atoms with Crippen LogP contribution in [0.1, 0.15) is 18.1 Å². The molecule has 2 rings (SSSR count). The van der Waals surface area contributed by atoms with Gasteiger partial charge in [-0.25, -0.2) is 0 Å². The van der Waals surface area contributed by atoms with Crippen molar-refractivity contribution < 1.29 is 9.53 Å². The normalized spacial score (nSPS) is 11.8. The minimum absolute atomic E-state index is 0.178. The molecule has 21 heavy (non-hydrogen) atoms. The van der Waals surface area contributed by atoms with Crippen molar-refractivity contribution in [3.05, 3.63) is 58.1 Å². The van der Waals surface area contributed by atoms with Crippen molar-refractivity contribution in [2.75, 3.05) is 5.32 Å². The number of aryl methyl sites for hydroxylation is 1. The quantitative estimate of drug-likeness (QED) is 0.885. The van der Waals surface area contributed by atoms with Gasteiger partial charge in [0, 0.05) is 4.47 Å². The predicted molar refractivity (Wildman–Crippen MR) is 88.8 cm³/mol. The average molecular weight is 348 g/mol. The largest absolute Gasteiger partial charge is 0.481 e. The van der Waals surface area contributed by atoms with Crippen LogP contribution < -0.4 is 10.1 Å². The first-order valence-electron chi connectivity index (χ1n) is 6.77. The number of halogens is 1. The zero-order chi connectivity index (χ0) is 15.4. The van der Waals surface area contributed by atoms with Crippen LogP contribution in [0.4, 0.5) is 5.69 Å². The Balaban J connectivity index is 2.06. The van der Waals surface area contributed by atoms with E-state index in [9.17, 15) is 4.79 Å². The summed E-state index contributed by atoms with van der Waals surface area (Å²) < 4.78 is 6.62. The molecule has 3 nitrogen and oxygen atoms in total. The fourth-order valence-corrected chi connectivity index (χ4v) is 2.28. The molecule has 0 fully saturated rings. The van der Waals surface area contributed by atoms with Gasteiger partial charge in [-0.2, -0.15) is 0 Å². The third-order valence-electron chi connectivity index (χ3n) is 3.36. The Kier molecular flexibility index (Phi) is 5.02. The Morgan fingerprint density at radius 1 is 1.14 bits per heavy atom. The van der Waals surface area contributed by atoms with Crippen LogP contribution in [-0.2, 0) is 4.79 Å². The van der Waals surface area contributed by atoms with Crippen LogP contribution in [0.2, 0.25) is 0 Å². The van der Waals surface area contributed by atoms with Crippen LogP contribution in [0.3, 0.4) is 0 Å². The van der Waals surface area contributed by atoms with Crippen molar-refractivity contribution >= 4 is 27.5 Å². The second-order valence-corrected chi connectivity index (χ2v) is 5.78. The molecular formula is C17H18BrNO2. The first-order valence-corrected chi connectivity index (χ1v) is 7.56. The van der Waals surface area contributed by atoms with Crippen molar-refractivity contribution in [3.8, 4) is 5.75 Å². The number of anilines is 1. The second kappa shape index (κ2) is 6.76. The highest BCUT2D eigenvalue weighted by Gasteiger charge is 2.17. The molecule has 0 aliphatic carbocycles. The lowest BCUT2D eigenvalue weighted by Gasteiger charge is -2.17. The molecule has 0 aromatic heterocycles. The van der Waals surface area contributed by atoms with Gasteiger partial charge >= 0.3 is 0 Å². The predicted octanol–water partition coefficient (Wildman–Crippen LogP) is 4.47. The summed E-state index contributed by atoms with van der Waals surface area (Å²) in [5.74, 6) is 0.563. The van der Waals surface area contributed by atoms with E-state index in [4.69, 9.17) is 4.74 Å². The smallest absolute Gasteiger partial charge is 0.265 e. The molecule has 4 heteroatoms. The Labute approximate surface area is 133 Å². The summed E-state index contributed by atoms with van der Waals surface area (Å²) in [5.41, 5.74) is 2.93. The Hall–Kier alpha value is -1.81. The van der Waals surface area contributed by atoms with Gasteiger partial charge in [0.2, 0.25) is 0 Å². The maximum Gasteiger partial charge on any atom is 0.265 e. The van der Waals surface area contributed by atoms with E-state index in [1.165, 1.54) is 0 Å². The monoisotopic (exact) mass is 347 g/mol. The molecule has 0 heterocycles. The number of ether oxygens (including phenoxy) is 1. The molecule has 0 aliphatic heterocycles. The van der Waals surface area contributed by atoms with E-state index in [-0.39, 0.29) is 5.91 Å². The summed E-state index contributed by atoms with van der Waals surface area (Å²) in [6, 6.07) is 13.3. The van der Waals surface area contributed by atoms with Crippen molar-refractivity contribution in [2.45, 2.75) is 26.9 Å². The zero-order valence-electron chi connectivity index (χ0n) is 12.3. The topological polar surface area (TPSA) is 38.3 Å². The fourth-order valence-electron chi connectivity index (χ4n) is 1.89. The SMILES string of the molecule is Cc1cccc(O[C@@H](C)C(=O)Nc2ccccc2Br)c1C. The Morgan fingerprint density at radius 3 is 2.57 bits per heavy atom. The summed E-state index contributed by atoms with van der Waals surface area (Å²) in [6.07, 6.45) is -0.572. The standard InChI is InChI=1S/C17H18BrNO2/c1-11-7-6-10-16(12(11)2)21-13(3)17(20)19-15-9-5-4-8-14(15)18/h4-10,13H,1-3H3,(H,19,20)/t13-/m0/s1. The molecule has 0 bridgehead atoms. The first-order chi connectivity index (χ1) is 9.99. The maximum absolute atomic E-state index is 12.2. The highest BCUT2D eigenvalue weighted by atomic mass is 79.9. The minimum atomic E-state index is -0.572. The molecule has 0 aliphatic rings. The van der Waals surface area contributed by atoms with Crippen molar-refractivity contribution in [1.29, 1.82) is 0 Å². The summed E-state index contributed by atoms with van der Waals surface area (Å²) >= 11 is 3.41. The van der Waals surface area contributed by atoms with E-state index in [2.05, 4.69) is 21.2 Å². The van der Waals surface area contributed by atoms with Gasteiger partial charge in [0.15, 0.2) is 6.10 Å². The van der Waals surface area contributed by atoms with E-state index in [0.29, 0.717) is 0 Å². The van der Waals surface area contributed by atoms with Crippen LogP contribution >= 0.6 is 15.9 Å². The minimum Gasteiger partial charge on any atom is -0.481 e. The molecule has 1 amide bonds. The van der Waals surface area contributed by atoms with Gasteiger partial charge in [-0.3, -0.25) is 4.79 Å². The number of nitrogens with one attached hydrogen (secondary N) is 1. The van der Waals surface area contributed by atoms with Crippen LogP contribution in [0.15, 0.2) is 46.9 Å². The molecule has 0 radical (unpaired) electrons. The summed E-state index contributed by atoms with van der Waals surface area (Å²) in [5, 5.41) is 2.85. The van der Waals surface area contributed by atoms with Gasteiger partial charge < -0.3 is 10.1 Å². The van der Waals surface area contributed by atoms with Gasteiger partial charge in [-0.1, -0.05) is 24.3 Å². The van der Waals surface area contributed by atoms with Crippen LogP contribution in [-0.4, -0.2) is 12.0 Å². The van der Waals surface area contributed by atoms with E-state index in [1.54, 1.807) is 6.92 Å². The first kappa shape index (κ1) is 15.6. The molecule has 2 aromatic carbocycles. The van der Waals surface area contributed by atoms with Crippen molar-refractivity contribution in [3.63, 3.8) is 0 Å². The zero-order valence-corrected chi connectivity index (χ0v) is 13.9. The number of hydrogen-bond acceptors (Lipinski definition) is 2. The van der Waals surface area contributed by atoms with Crippen molar-refractivity contribution in [1.82, 2.24) is 0 Å². The summed E-state index contributed by atoms with van der Waals surface area (Å²) in [7, 11) is 0. The Bertz CT molecular complexity index is 655. The number of benzene rings is 2. The molecule has 1 atom stereocenters. The summed E-state index contributed by atoms with van der Waals surface area (Å²) in [4.78, 5) is 12.2. The van der Waals surface area contributed by atoms with Gasteiger partial charge in [0.05, 0.1) is 5.69 Å². The lowest BCUT2D eigenvalue weighted by molar-refractivity contribution is -0.122. The van der Waals surface area contributed by atoms with E-state index in [1.807, 2.05) is 56.3 Å². The number of para-hydroxylation sites is 1. The molecule has 0 unspecified atom stereocenters. The Morgan fingerprint density at radius 2 is 1.86 bits per heavy atom. The van der Waals surface area contributed by atoms with E-state index < -0.39 is 6.10 Å². The van der Waals surface area contributed by atoms with Gasteiger partial charge in [0.1, 0.15) is 5.75 Å². The number of amides is 1. The average Bonchev–Trinajstić information content (AvgIpc) is 2.46. The molecule has 110 valence electrons. The number of rotatable bonds is 4. The fraction of sp³-hybridized carbons (Fsp3) is 0.235. The number of carbonyl (C=O) groups is 1. The second-order valence-electron chi connectivity index (χ2n) is 4.93. The molecule has 0 saturated heterocycles. The van der Waals surface area contributed by atoms with E-state index >= 15 is 0 Å². The molecule has 2 aromatic rings. The molecular weight excluding hydrogens is 330 g/mol. The van der Waals surface area contributed by atoms with Crippen molar-refractivity contribution in [2.24, 2.45) is 0 Å².